The summed E-state index contributed by atoms with van der Waals surface area (Å²) in [6.45, 7) is 2.00. The molecule has 8 heteroatoms. The lowest BCUT2D eigenvalue weighted by atomic mass is 10.0. The lowest BCUT2D eigenvalue weighted by Gasteiger charge is -2.22. The molecule has 0 aromatic heterocycles. The Labute approximate surface area is 197 Å². The summed E-state index contributed by atoms with van der Waals surface area (Å²) < 4.78 is 38.2. The van der Waals surface area contributed by atoms with Gasteiger partial charge in [0.25, 0.3) is 0 Å². The molecule has 1 heterocycles. The number of carbonyl (C=O) groups excluding carboxylic acids is 1. The van der Waals surface area contributed by atoms with E-state index in [1.165, 1.54) is 12.1 Å². The Bertz CT molecular complexity index is 1110. The maximum atomic E-state index is 12.7. The number of nitrogens with one attached hydrogen (secondary N) is 2. The Morgan fingerprint density at radius 3 is 1.82 bits per heavy atom. The topological polar surface area (TPSA) is 47.6 Å². The molecule has 0 spiro atoms. The average Bonchev–Trinajstić information content (AvgIpc) is 3.30. The molecular formula is C26H27F3N4O. The van der Waals surface area contributed by atoms with Gasteiger partial charge in [-0.3, -0.25) is 0 Å². The van der Waals surface area contributed by atoms with Crippen molar-refractivity contribution >= 4 is 23.1 Å². The van der Waals surface area contributed by atoms with Crippen LogP contribution in [0.2, 0.25) is 0 Å². The minimum Gasteiger partial charge on any atom is -0.370 e. The lowest BCUT2D eigenvalue weighted by Crippen LogP contribution is -2.31. The van der Waals surface area contributed by atoms with Crippen LogP contribution in [0.5, 0.6) is 0 Å². The fourth-order valence-electron chi connectivity index (χ4n) is 4.04. The number of hydrogen-bond donors (Lipinski definition) is 2. The minimum atomic E-state index is -4.36. The summed E-state index contributed by atoms with van der Waals surface area (Å²) in [6, 6.07) is 19.9. The molecule has 178 valence electrons. The van der Waals surface area contributed by atoms with Crippen molar-refractivity contribution in [1.29, 1.82) is 0 Å². The molecule has 34 heavy (non-hydrogen) atoms. The standard InChI is InChI=1S/C26H27F3N4O/c1-32(2)24-15-16-33(17-24)23-13-11-22(12-14-23)31-25(34)30-21-9-5-19(6-10-21)18-3-7-20(8-4-18)26(27,28)29/h3-14,24H,15-17H2,1-2H3,(H2,30,31,34). The van der Waals surface area contributed by atoms with E-state index in [2.05, 4.69) is 34.5 Å². The summed E-state index contributed by atoms with van der Waals surface area (Å²) in [5.41, 5.74) is 3.14. The Hall–Kier alpha value is -3.52. The molecule has 0 bridgehead atoms. The molecule has 2 N–H and O–H groups in total. The number of carbonyl (C=O) groups is 1. The highest BCUT2D eigenvalue weighted by Crippen LogP contribution is 2.31. The second kappa shape index (κ2) is 9.77. The molecule has 0 radical (unpaired) electrons. The highest BCUT2D eigenvalue weighted by molar-refractivity contribution is 6.00. The third-order valence-corrected chi connectivity index (χ3v) is 6.07. The summed E-state index contributed by atoms with van der Waals surface area (Å²) in [7, 11) is 4.20. The van der Waals surface area contributed by atoms with Gasteiger partial charge in [0, 0.05) is 36.2 Å². The molecule has 1 aliphatic heterocycles. The normalized spacial score (nSPS) is 16.1. The molecule has 1 unspecified atom stereocenters. The van der Waals surface area contributed by atoms with Crippen LogP contribution >= 0.6 is 0 Å². The number of anilines is 3. The summed E-state index contributed by atoms with van der Waals surface area (Å²) in [4.78, 5) is 17.0. The van der Waals surface area contributed by atoms with Gasteiger partial charge in [-0.25, -0.2) is 4.79 Å². The van der Waals surface area contributed by atoms with Crippen LogP contribution in [0.3, 0.4) is 0 Å². The van der Waals surface area contributed by atoms with Crippen LogP contribution in [0.1, 0.15) is 12.0 Å². The highest BCUT2D eigenvalue weighted by Gasteiger charge is 2.30. The second-order valence-corrected chi connectivity index (χ2v) is 8.63. The predicted octanol–water partition coefficient (Wildman–Crippen LogP) is 6.16. The van der Waals surface area contributed by atoms with E-state index in [4.69, 9.17) is 0 Å². The molecule has 1 atom stereocenters. The van der Waals surface area contributed by atoms with Gasteiger partial charge in [0.1, 0.15) is 0 Å². The van der Waals surface area contributed by atoms with Gasteiger partial charge < -0.3 is 20.4 Å². The monoisotopic (exact) mass is 468 g/mol. The van der Waals surface area contributed by atoms with Gasteiger partial charge in [0.2, 0.25) is 0 Å². The second-order valence-electron chi connectivity index (χ2n) is 8.63. The number of benzene rings is 3. The molecule has 3 aromatic rings. The van der Waals surface area contributed by atoms with E-state index in [1.54, 1.807) is 24.3 Å². The Morgan fingerprint density at radius 2 is 1.35 bits per heavy atom. The molecular weight excluding hydrogens is 441 g/mol. The zero-order valence-electron chi connectivity index (χ0n) is 19.1. The molecule has 5 nitrogen and oxygen atoms in total. The van der Waals surface area contributed by atoms with Crippen LogP contribution in [-0.2, 0) is 6.18 Å². The first-order chi connectivity index (χ1) is 16.2. The van der Waals surface area contributed by atoms with Crippen LogP contribution < -0.4 is 15.5 Å². The van der Waals surface area contributed by atoms with Crippen LogP contribution in [0, 0.1) is 0 Å². The molecule has 4 rings (SSSR count). The van der Waals surface area contributed by atoms with Gasteiger partial charge in [-0.2, -0.15) is 13.2 Å². The number of nitrogens with zero attached hydrogens (tertiary/aromatic N) is 2. The molecule has 1 saturated heterocycles. The predicted molar refractivity (Wildman–Crippen MR) is 130 cm³/mol. The van der Waals surface area contributed by atoms with Crippen molar-refractivity contribution in [3.05, 3.63) is 78.4 Å². The van der Waals surface area contributed by atoms with E-state index in [9.17, 15) is 18.0 Å². The zero-order valence-corrected chi connectivity index (χ0v) is 19.1. The van der Waals surface area contributed by atoms with Crippen molar-refractivity contribution in [3.8, 4) is 11.1 Å². The first kappa shape index (κ1) is 23.6. The van der Waals surface area contributed by atoms with Gasteiger partial charge >= 0.3 is 12.2 Å². The smallest absolute Gasteiger partial charge is 0.370 e. The first-order valence-corrected chi connectivity index (χ1v) is 11.1. The zero-order chi connectivity index (χ0) is 24.3. The lowest BCUT2D eigenvalue weighted by molar-refractivity contribution is -0.137. The van der Waals surface area contributed by atoms with Crippen molar-refractivity contribution < 1.29 is 18.0 Å². The van der Waals surface area contributed by atoms with Gasteiger partial charge in [0.15, 0.2) is 0 Å². The largest absolute Gasteiger partial charge is 0.416 e. The summed E-state index contributed by atoms with van der Waals surface area (Å²) in [6.07, 6.45) is -3.23. The van der Waals surface area contributed by atoms with Crippen molar-refractivity contribution in [2.24, 2.45) is 0 Å². The fourth-order valence-corrected chi connectivity index (χ4v) is 4.04. The molecule has 3 aromatic carbocycles. The summed E-state index contributed by atoms with van der Waals surface area (Å²) >= 11 is 0. The average molecular weight is 469 g/mol. The van der Waals surface area contributed by atoms with Crippen molar-refractivity contribution in [2.45, 2.75) is 18.6 Å². The number of amides is 2. The van der Waals surface area contributed by atoms with Gasteiger partial charge in [-0.1, -0.05) is 24.3 Å². The fraction of sp³-hybridized carbons (Fsp3) is 0.269. The Balaban J connectivity index is 1.32. The highest BCUT2D eigenvalue weighted by atomic mass is 19.4. The SMILES string of the molecule is CN(C)C1CCN(c2ccc(NC(=O)Nc3ccc(-c4ccc(C(F)(F)F)cc4)cc3)cc2)C1. The molecule has 0 saturated carbocycles. The van der Waals surface area contributed by atoms with E-state index < -0.39 is 11.7 Å². The molecule has 1 fully saturated rings. The number of likely N-dealkylation sites (N-methyl/N-ethyl adjacent to an activating group) is 1. The number of halogens is 3. The van der Waals surface area contributed by atoms with Crippen LogP contribution in [0.25, 0.3) is 11.1 Å². The van der Waals surface area contributed by atoms with E-state index in [0.717, 1.165) is 42.9 Å². The van der Waals surface area contributed by atoms with E-state index in [0.29, 0.717) is 23.0 Å². The summed E-state index contributed by atoms with van der Waals surface area (Å²) in [5.74, 6) is 0. The van der Waals surface area contributed by atoms with Gasteiger partial charge in [0.05, 0.1) is 5.56 Å². The number of urea groups is 1. The third kappa shape index (κ3) is 5.69. The summed E-state index contributed by atoms with van der Waals surface area (Å²) in [5, 5.41) is 5.59. The molecule has 2 amide bonds. The molecule has 0 aliphatic carbocycles. The maximum absolute atomic E-state index is 12.7. The Morgan fingerprint density at radius 1 is 0.853 bits per heavy atom. The Kier molecular flexibility index (Phi) is 6.79. The van der Waals surface area contributed by atoms with Crippen molar-refractivity contribution in [2.75, 3.05) is 42.7 Å². The maximum Gasteiger partial charge on any atom is 0.416 e. The van der Waals surface area contributed by atoms with Gasteiger partial charge in [-0.15, -0.1) is 0 Å². The first-order valence-electron chi connectivity index (χ1n) is 11.1. The third-order valence-electron chi connectivity index (χ3n) is 6.07. The van der Waals surface area contributed by atoms with Crippen molar-refractivity contribution in [1.82, 2.24) is 4.90 Å². The van der Waals surface area contributed by atoms with E-state index in [-0.39, 0.29) is 6.03 Å². The van der Waals surface area contributed by atoms with Crippen LogP contribution in [0.4, 0.5) is 35.0 Å². The van der Waals surface area contributed by atoms with Crippen molar-refractivity contribution in [3.63, 3.8) is 0 Å². The van der Waals surface area contributed by atoms with E-state index >= 15 is 0 Å². The minimum absolute atomic E-state index is 0.371. The quantitative estimate of drug-likeness (QED) is 0.472. The number of alkyl halides is 3. The van der Waals surface area contributed by atoms with Crippen LogP contribution in [0.15, 0.2) is 72.8 Å². The number of rotatable bonds is 5. The number of hydrogen-bond acceptors (Lipinski definition) is 3. The molecule has 1 aliphatic rings. The van der Waals surface area contributed by atoms with Crippen LogP contribution in [-0.4, -0.2) is 44.2 Å². The van der Waals surface area contributed by atoms with E-state index in [1.807, 2.05) is 24.3 Å². The van der Waals surface area contributed by atoms with Gasteiger partial charge in [-0.05, 0) is 80.2 Å².